The van der Waals surface area contributed by atoms with Crippen molar-refractivity contribution < 1.29 is 9.84 Å². The van der Waals surface area contributed by atoms with Gasteiger partial charge >= 0.3 is 0 Å². The lowest BCUT2D eigenvalue weighted by molar-refractivity contribution is 0.0912. The van der Waals surface area contributed by atoms with Crippen LogP contribution >= 0.6 is 0 Å². The molecule has 1 aromatic rings. The quantitative estimate of drug-likeness (QED) is 0.733. The zero-order valence-corrected chi connectivity index (χ0v) is 8.23. The Morgan fingerprint density at radius 1 is 1.43 bits per heavy atom. The van der Waals surface area contributed by atoms with Crippen molar-refractivity contribution in [1.29, 1.82) is 0 Å². The van der Waals surface area contributed by atoms with E-state index in [1.165, 1.54) is 5.56 Å². The summed E-state index contributed by atoms with van der Waals surface area (Å²) in [6, 6.07) is 8.03. The summed E-state index contributed by atoms with van der Waals surface area (Å²) in [5.41, 5.74) is 0.687. The van der Waals surface area contributed by atoms with E-state index in [0.29, 0.717) is 12.5 Å². The average molecular weight is 190 g/mol. The molecule has 3 rings (SSSR count). The molecule has 3 atom stereocenters. The Kier molecular flexibility index (Phi) is 1.49. The normalized spacial score (nSPS) is 39.0. The highest BCUT2D eigenvalue weighted by atomic mass is 16.5. The highest BCUT2D eigenvalue weighted by Gasteiger charge is 2.57. The fraction of sp³-hybridized carbons (Fsp3) is 0.500. The van der Waals surface area contributed by atoms with E-state index in [2.05, 4.69) is 13.0 Å². The molecule has 0 radical (unpaired) electrons. The van der Waals surface area contributed by atoms with Crippen LogP contribution in [0.1, 0.15) is 24.8 Å². The van der Waals surface area contributed by atoms with Crippen LogP contribution in [0.25, 0.3) is 0 Å². The van der Waals surface area contributed by atoms with Gasteiger partial charge in [0.1, 0.15) is 5.75 Å². The van der Waals surface area contributed by atoms with Crippen LogP contribution in [0.4, 0.5) is 0 Å². The Hall–Kier alpha value is -1.02. The van der Waals surface area contributed by atoms with Crippen molar-refractivity contribution in [3.63, 3.8) is 0 Å². The molecule has 0 aromatic heterocycles. The lowest BCUT2D eigenvalue weighted by atomic mass is 9.92. The average Bonchev–Trinajstić information content (AvgIpc) is 2.67. The first kappa shape index (κ1) is 8.30. The molecule has 14 heavy (non-hydrogen) atoms. The molecule has 74 valence electrons. The van der Waals surface area contributed by atoms with E-state index < -0.39 is 5.60 Å². The molecule has 1 saturated carbocycles. The van der Waals surface area contributed by atoms with Gasteiger partial charge in [-0.1, -0.05) is 25.1 Å². The molecule has 3 unspecified atom stereocenters. The minimum Gasteiger partial charge on any atom is -0.493 e. The van der Waals surface area contributed by atoms with Crippen molar-refractivity contribution in [1.82, 2.24) is 0 Å². The van der Waals surface area contributed by atoms with Gasteiger partial charge in [-0.2, -0.15) is 0 Å². The van der Waals surface area contributed by atoms with Gasteiger partial charge < -0.3 is 9.84 Å². The molecule has 2 aliphatic rings. The van der Waals surface area contributed by atoms with Crippen LogP contribution in [-0.2, 0) is 0 Å². The van der Waals surface area contributed by atoms with Crippen LogP contribution in [0.3, 0.4) is 0 Å². The topological polar surface area (TPSA) is 29.5 Å². The maximum absolute atomic E-state index is 10.3. The van der Waals surface area contributed by atoms with Gasteiger partial charge in [0, 0.05) is 5.56 Å². The van der Waals surface area contributed by atoms with Gasteiger partial charge in [-0.25, -0.2) is 0 Å². The Bertz CT molecular complexity index is 374. The zero-order valence-electron chi connectivity index (χ0n) is 8.23. The van der Waals surface area contributed by atoms with E-state index in [1.807, 2.05) is 18.2 Å². The summed E-state index contributed by atoms with van der Waals surface area (Å²) < 4.78 is 5.57. The highest BCUT2D eigenvalue weighted by Crippen LogP contribution is 2.55. The van der Waals surface area contributed by atoms with Crippen molar-refractivity contribution >= 4 is 0 Å². The molecule has 2 heteroatoms. The molecule has 1 aliphatic carbocycles. The summed E-state index contributed by atoms with van der Waals surface area (Å²) in [5.74, 6) is 1.56. The summed E-state index contributed by atoms with van der Waals surface area (Å²) in [5, 5.41) is 10.3. The van der Waals surface area contributed by atoms with Crippen molar-refractivity contribution in [3.05, 3.63) is 29.8 Å². The second-order valence-corrected chi connectivity index (χ2v) is 4.50. The molecular formula is C12H14O2. The lowest BCUT2D eigenvalue weighted by Gasteiger charge is -2.16. The number of aliphatic hydroxyl groups is 1. The van der Waals surface area contributed by atoms with E-state index >= 15 is 0 Å². The van der Waals surface area contributed by atoms with Crippen LogP contribution in [0.15, 0.2) is 24.3 Å². The Balaban J connectivity index is 1.99. The fourth-order valence-electron chi connectivity index (χ4n) is 2.49. The van der Waals surface area contributed by atoms with Gasteiger partial charge in [-0.15, -0.1) is 0 Å². The molecule has 1 aromatic carbocycles. The van der Waals surface area contributed by atoms with Gasteiger partial charge in [-0.3, -0.25) is 0 Å². The Morgan fingerprint density at radius 3 is 2.86 bits per heavy atom. The van der Waals surface area contributed by atoms with Crippen molar-refractivity contribution in [2.24, 2.45) is 5.92 Å². The molecular weight excluding hydrogens is 176 g/mol. The van der Waals surface area contributed by atoms with Crippen LogP contribution in [0.2, 0.25) is 0 Å². The predicted octanol–water partition coefficient (Wildman–Crippen LogP) is 1.93. The zero-order chi connectivity index (χ0) is 9.76. The van der Waals surface area contributed by atoms with Gasteiger partial charge in [0.25, 0.3) is 0 Å². The number of ether oxygens (including phenoxy) is 1. The summed E-state index contributed by atoms with van der Waals surface area (Å²) in [7, 11) is 0. The first-order chi connectivity index (χ1) is 6.72. The van der Waals surface area contributed by atoms with Crippen molar-refractivity contribution in [2.45, 2.75) is 24.9 Å². The molecule has 0 bridgehead atoms. The van der Waals surface area contributed by atoms with Crippen LogP contribution < -0.4 is 4.74 Å². The number of rotatable bonds is 1. The third-order valence-electron chi connectivity index (χ3n) is 3.63. The Labute approximate surface area is 83.5 Å². The summed E-state index contributed by atoms with van der Waals surface area (Å²) in [4.78, 5) is 0. The van der Waals surface area contributed by atoms with E-state index in [4.69, 9.17) is 4.74 Å². The standard InChI is InChI=1S/C12H14O2/c1-8-6-12(8,13)10-7-14-11-5-3-2-4-9(10)11/h2-5,8,10,13H,6-7H2,1H3. The number of hydrogen-bond donors (Lipinski definition) is 1. The maximum Gasteiger partial charge on any atom is 0.123 e. The highest BCUT2D eigenvalue weighted by molar-refractivity contribution is 5.43. The van der Waals surface area contributed by atoms with Gasteiger partial charge in [0.05, 0.1) is 18.1 Å². The molecule has 2 nitrogen and oxygen atoms in total. The minimum absolute atomic E-state index is 0.189. The van der Waals surface area contributed by atoms with E-state index in [-0.39, 0.29) is 5.92 Å². The van der Waals surface area contributed by atoms with Crippen LogP contribution in [0, 0.1) is 5.92 Å². The molecule has 1 aliphatic heterocycles. The van der Waals surface area contributed by atoms with Crippen molar-refractivity contribution in [2.75, 3.05) is 6.61 Å². The Morgan fingerprint density at radius 2 is 2.14 bits per heavy atom. The van der Waals surface area contributed by atoms with E-state index in [1.54, 1.807) is 0 Å². The second kappa shape index (κ2) is 2.51. The van der Waals surface area contributed by atoms with Gasteiger partial charge in [0.15, 0.2) is 0 Å². The SMILES string of the molecule is CC1CC1(O)C1COc2ccccc21. The van der Waals surface area contributed by atoms with E-state index in [9.17, 15) is 5.11 Å². The van der Waals surface area contributed by atoms with Crippen LogP contribution in [-0.4, -0.2) is 17.3 Å². The third kappa shape index (κ3) is 0.947. The summed E-state index contributed by atoms with van der Waals surface area (Å²) in [6.45, 7) is 2.74. The molecule has 1 fully saturated rings. The first-order valence-corrected chi connectivity index (χ1v) is 5.16. The molecule has 0 spiro atoms. The molecule has 1 N–H and O–H groups in total. The maximum atomic E-state index is 10.3. The second-order valence-electron chi connectivity index (χ2n) is 4.50. The first-order valence-electron chi connectivity index (χ1n) is 5.16. The summed E-state index contributed by atoms with van der Waals surface area (Å²) in [6.07, 6.45) is 0.912. The number of para-hydroxylation sites is 1. The van der Waals surface area contributed by atoms with E-state index in [0.717, 1.165) is 12.2 Å². The number of benzene rings is 1. The largest absolute Gasteiger partial charge is 0.493 e. The monoisotopic (exact) mass is 190 g/mol. The molecule has 1 heterocycles. The van der Waals surface area contributed by atoms with Gasteiger partial charge in [-0.05, 0) is 18.4 Å². The molecule has 0 amide bonds. The summed E-state index contributed by atoms with van der Waals surface area (Å²) >= 11 is 0. The predicted molar refractivity (Wildman–Crippen MR) is 53.4 cm³/mol. The fourth-order valence-corrected chi connectivity index (χ4v) is 2.49. The smallest absolute Gasteiger partial charge is 0.123 e. The minimum atomic E-state index is -0.493. The number of fused-ring (bicyclic) bond motifs is 1. The lowest BCUT2D eigenvalue weighted by Crippen LogP contribution is -2.23. The number of hydrogen-bond acceptors (Lipinski definition) is 2. The van der Waals surface area contributed by atoms with Crippen LogP contribution in [0.5, 0.6) is 5.75 Å². The van der Waals surface area contributed by atoms with Gasteiger partial charge in [0.2, 0.25) is 0 Å². The van der Waals surface area contributed by atoms with Crippen molar-refractivity contribution in [3.8, 4) is 5.75 Å². The molecule has 0 saturated heterocycles. The third-order valence-corrected chi connectivity index (χ3v) is 3.63.